The molecule has 1 rings (SSSR count). The molecule has 3 heteroatoms. The van der Waals surface area contributed by atoms with Gasteiger partial charge in [-0.1, -0.05) is 12.1 Å². The van der Waals surface area contributed by atoms with E-state index >= 15 is 0 Å². The number of ether oxygens (including phenoxy) is 1. The minimum atomic E-state index is -1.21. The molecule has 88 valence electrons. The monoisotopic (exact) mass is 222 g/mol. The fourth-order valence-corrected chi connectivity index (χ4v) is 1.38. The highest BCUT2D eigenvalue weighted by Gasteiger charge is 2.30. The number of carboxylic acids is 1. The lowest BCUT2D eigenvalue weighted by Crippen LogP contribution is -2.38. The molecule has 3 nitrogen and oxygen atoms in total. The van der Waals surface area contributed by atoms with Crippen molar-refractivity contribution in [1.82, 2.24) is 0 Å². The molecule has 0 saturated heterocycles. The van der Waals surface area contributed by atoms with Crippen LogP contribution in [0, 0.1) is 20.8 Å². The van der Waals surface area contributed by atoms with E-state index in [1.807, 2.05) is 32.9 Å². The van der Waals surface area contributed by atoms with E-state index in [1.54, 1.807) is 13.8 Å². The van der Waals surface area contributed by atoms with E-state index < -0.39 is 11.6 Å². The second kappa shape index (κ2) is 4.16. The molecule has 1 aromatic rings. The van der Waals surface area contributed by atoms with Gasteiger partial charge in [-0.15, -0.1) is 0 Å². The molecule has 0 atom stereocenters. The average Bonchev–Trinajstić information content (AvgIpc) is 2.18. The molecule has 0 saturated carbocycles. The maximum absolute atomic E-state index is 11.0. The lowest BCUT2D eigenvalue weighted by Gasteiger charge is -2.24. The summed E-state index contributed by atoms with van der Waals surface area (Å²) in [5.74, 6) is -0.291. The topological polar surface area (TPSA) is 46.5 Å². The highest BCUT2D eigenvalue weighted by atomic mass is 16.5. The predicted octanol–water partition coefficient (Wildman–Crippen LogP) is 2.85. The summed E-state index contributed by atoms with van der Waals surface area (Å²) in [5.41, 5.74) is 1.84. The maximum Gasteiger partial charge on any atom is 0.347 e. The number of hydrogen-bond acceptors (Lipinski definition) is 2. The number of aryl methyl sites for hydroxylation is 2. The van der Waals surface area contributed by atoms with Crippen LogP contribution in [-0.2, 0) is 4.79 Å². The van der Waals surface area contributed by atoms with Crippen LogP contribution >= 0.6 is 0 Å². The first-order chi connectivity index (χ1) is 7.25. The molecule has 1 N–H and O–H groups in total. The summed E-state index contributed by atoms with van der Waals surface area (Å²) < 4.78 is 5.61. The van der Waals surface area contributed by atoms with Gasteiger partial charge in [-0.05, 0) is 51.3 Å². The summed E-state index contributed by atoms with van der Waals surface area (Å²) in [6.45, 7) is 8.94. The minimum absolute atomic E-state index is 0.674. The molecule has 0 spiro atoms. The SMILES string of the molecule is Cc1ccc(C)c(OC(C)(C)C(=O)O)c1C. The highest BCUT2D eigenvalue weighted by molar-refractivity contribution is 5.77. The van der Waals surface area contributed by atoms with Crippen LogP contribution in [-0.4, -0.2) is 16.7 Å². The molecule has 0 amide bonds. The fourth-order valence-electron chi connectivity index (χ4n) is 1.38. The third-order valence-corrected chi connectivity index (χ3v) is 2.75. The van der Waals surface area contributed by atoms with Crippen molar-refractivity contribution in [2.45, 2.75) is 40.2 Å². The Morgan fingerprint density at radius 1 is 1.19 bits per heavy atom. The normalized spacial score (nSPS) is 11.3. The molecule has 0 aliphatic carbocycles. The number of hydrogen-bond donors (Lipinski definition) is 1. The van der Waals surface area contributed by atoms with Crippen LogP contribution in [0.4, 0.5) is 0 Å². The van der Waals surface area contributed by atoms with E-state index in [-0.39, 0.29) is 0 Å². The van der Waals surface area contributed by atoms with Gasteiger partial charge in [-0.2, -0.15) is 0 Å². The van der Waals surface area contributed by atoms with Crippen molar-refractivity contribution in [2.24, 2.45) is 0 Å². The van der Waals surface area contributed by atoms with Crippen LogP contribution in [0.2, 0.25) is 0 Å². The van der Waals surface area contributed by atoms with Crippen LogP contribution in [0.25, 0.3) is 0 Å². The molecule has 16 heavy (non-hydrogen) atoms. The molecule has 0 heterocycles. The van der Waals surface area contributed by atoms with Gasteiger partial charge in [0.25, 0.3) is 0 Å². The second-order valence-corrected chi connectivity index (χ2v) is 4.57. The van der Waals surface area contributed by atoms with E-state index in [9.17, 15) is 4.79 Å². The number of aliphatic carboxylic acids is 1. The Hall–Kier alpha value is -1.51. The third-order valence-electron chi connectivity index (χ3n) is 2.75. The lowest BCUT2D eigenvalue weighted by molar-refractivity contribution is -0.152. The summed E-state index contributed by atoms with van der Waals surface area (Å²) in [6.07, 6.45) is 0. The van der Waals surface area contributed by atoms with Gasteiger partial charge in [0.05, 0.1) is 0 Å². The minimum Gasteiger partial charge on any atom is -0.478 e. The zero-order valence-electron chi connectivity index (χ0n) is 10.4. The van der Waals surface area contributed by atoms with Crippen LogP contribution in [0.5, 0.6) is 5.75 Å². The van der Waals surface area contributed by atoms with Gasteiger partial charge < -0.3 is 9.84 Å². The summed E-state index contributed by atoms with van der Waals surface area (Å²) in [4.78, 5) is 11.0. The smallest absolute Gasteiger partial charge is 0.347 e. The zero-order valence-corrected chi connectivity index (χ0v) is 10.4. The molecule has 0 fully saturated rings. The van der Waals surface area contributed by atoms with Crippen molar-refractivity contribution in [1.29, 1.82) is 0 Å². The van der Waals surface area contributed by atoms with Crippen LogP contribution < -0.4 is 4.74 Å². The molecule has 0 unspecified atom stereocenters. The fraction of sp³-hybridized carbons (Fsp3) is 0.462. The van der Waals surface area contributed by atoms with Gasteiger partial charge in [0.2, 0.25) is 0 Å². The Balaban J connectivity index is 3.15. The number of carbonyl (C=O) groups is 1. The number of rotatable bonds is 3. The Morgan fingerprint density at radius 2 is 1.69 bits per heavy atom. The van der Waals surface area contributed by atoms with Gasteiger partial charge in [0, 0.05) is 0 Å². The van der Waals surface area contributed by atoms with Crippen LogP contribution in [0.3, 0.4) is 0 Å². The number of carboxylic acid groups (broad SMARTS) is 1. The number of benzene rings is 1. The van der Waals surface area contributed by atoms with Crippen molar-refractivity contribution in [2.75, 3.05) is 0 Å². The molecule has 0 aliphatic heterocycles. The standard InChI is InChI=1S/C13H18O3/c1-8-6-7-9(2)11(10(8)3)16-13(4,5)12(14)15/h6-7H,1-5H3,(H,14,15). The Labute approximate surface area is 96.1 Å². The predicted molar refractivity (Wildman–Crippen MR) is 63.0 cm³/mol. The first-order valence-electron chi connectivity index (χ1n) is 5.25. The van der Waals surface area contributed by atoms with Gasteiger partial charge in [-0.3, -0.25) is 0 Å². The van der Waals surface area contributed by atoms with Gasteiger partial charge >= 0.3 is 5.97 Å². The van der Waals surface area contributed by atoms with Crippen molar-refractivity contribution >= 4 is 5.97 Å². The van der Waals surface area contributed by atoms with Crippen molar-refractivity contribution < 1.29 is 14.6 Å². The summed E-state index contributed by atoms with van der Waals surface area (Å²) in [6, 6.07) is 3.95. The van der Waals surface area contributed by atoms with E-state index in [0.29, 0.717) is 5.75 Å². The van der Waals surface area contributed by atoms with Crippen molar-refractivity contribution in [3.8, 4) is 5.75 Å². The molecule has 0 radical (unpaired) electrons. The van der Waals surface area contributed by atoms with E-state index in [0.717, 1.165) is 16.7 Å². The highest BCUT2D eigenvalue weighted by Crippen LogP contribution is 2.29. The van der Waals surface area contributed by atoms with Gasteiger partial charge in [0.1, 0.15) is 5.75 Å². The Bertz CT molecular complexity index is 419. The van der Waals surface area contributed by atoms with Crippen molar-refractivity contribution in [3.05, 3.63) is 28.8 Å². The summed E-state index contributed by atoms with van der Waals surface area (Å²) in [7, 11) is 0. The van der Waals surface area contributed by atoms with Crippen molar-refractivity contribution in [3.63, 3.8) is 0 Å². The molecular formula is C13H18O3. The molecule has 1 aromatic carbocycles. The van der Waals surface area contributed by atoms with Crippen LogP contribution in [0.15, 0.2) is 12.1 Å². The largest absolute Gasteiger partial charge is 0.478 e. The summed E-state index contributed by atoms with van der Waals surface area (Å²) >= 11 is 0. The molecule has 0 bridgehead atoms. The molecule has 0 aromatic heterocycles. The Kier molecular flexibility index (Phi) is 3.27. The zero-order chi connectivity index (χ0) is 12.5. The first-order valence-corrected chi connectivity index (χ1v) is 5.25. The maximum atomic E-state index is 11.0. The van der Waals surface area contributed by atoms with E-state index in [2.05, 4.69) is 0 Å². The van der Waals surface area contributed by atoms with Crippen LogP contribution in [0.1, 0.15) is 30.5 Å². The van der Waals surface area contributed by atoms with E-state index in [4.69, 9.17) is 9.84 Å². The lowest BCUT2D eigenvalue weighted by atomic mass is 10.0. The van der Waals surface area contributed by atoms with Gasteiger partial charge in [-0.25, -0.2) is 4.79 Å². The van der Waals surface area contributed by atoms with E-state index in [1.165, 1.54) is 0 Å². The quantitative estimate of drug-likeness (QED) is 0.855. The first kappa shape index (κ1) is 12.6. The molecular weight excluding hydrogens is 204 g/mol. The average molecular weight is 222 g/mol. The second-order valence-electron chi connectivity index (χ2n) is 4.57. The van der Waals surface area contributed by atoms with Gasteiger partial charge in [0.15, 0.2) is 5.60 Å². The Morgan fingerprint density at radius 3 is 2.19 bits per heavy atom. The summed E-state index contributed by atoms with van der Waals surface area (Å²) in [5, 5.41) is 9.03. The molecule has 0 aliphatic rings. The third kappa shape index (κ3) is 2.35.